The molecule has 104 valence electrons. The molecule has 20 heavy (non-hydrogen) atoms. The monoisotopic (exact) mass is 290 g/mol. The van der Waals surface area contributed by atoms with Crippen LogP contribution in [0.5, 0.6) is 5.75 Å². The minimum Gasteiger partial charge on any atom is -0.495 e. The maximum absolute atomic E-state index is 11.1. The van der Waals surface area contributed by atoms with Gasteiger partial charge < -0.3 is 15.8 Å². The zero-order valence-corrected chi connectivity index (χ0v) is 11.8. The SMILES string of the molecule is COc1ccc(Cl)cc1NCc1cccc(C(N)=O)c1. The predicted molar refractivity (Wildman–Crippen MR) is 80.3 cm³/mol. The Bertz CT molecular complexity index is 629. The quantitative estimate of drug-likeness (QED) is 0.889. The molecule has 1 amide bonds. The van der Waals surface area contributed by atoms with Gasteiger partial charge in [0.15, 0.2) is 0 Å². The molecular formula is C15H15ClN2O2. The van der Waals surface area contributed by atoms with E-state index in [4.69, 9.17) is 22.1 Å². The number of anilines is 1. The van der Waals surface area contributed by atoms with Crippen LogP contribution >= 0.6 is 11.6 Å². The number of methoxy groups -OCH3 is 1. The molecule has 0 aliphatic carbocycles. The van der Waals surface area contributed by atoms with Crippen molar-refractivity contribution in [3.05, 3.63) is 58.6 Å². The van der Waals surface area contributed by atoms with Crippen molar-refractivity contribution in [3.8, 4) is 5.75 Å². The third kappa shape index (κ3) is 3.42. The number of primary amides is 1. The summed E-state index contributed by atoms with van der Waals surface area (Å²) >= 11 is 5.97. The van der Waals surface area contributed by atoms with E-state index >= 15 is 0 Å². The summed E-state index contributed by atoms with van der Waals surface area (Å²) in [6, 6.07) is 12.5. The largest absolute Gasteiger partial charge is 0.495 e. The van der Waals surface area contributed by atoms with Crippen molar-refractivity contribution < 1.29 is 9.53 Å². The number of rotatable bonds is 5. The molecule has 3 N–H and O–H groups in total. The van der Waals surface area contributed by atoms with E-state index < -0.39 is 5.91 Å². The summed E-state index contributed by atoms with van der Waals surface area (Å²) in [4.78, 5) is 11.1. The number of carbonyl (C=O) groups excluding carboxylic acids is 1. The van der Waals surface area contributed by atoms with Crippen molar-refractivity contribution in [3.63, 3.8) is 0 Å². The van der Waals surface area contributed by atoms with Gasteiger partial charge in [0.1, 0.15) is 5.75 Å². The Morgan fingerprint density at radius 2 is 2.10 bits per heavy atom. The lowest BCUT2D eigenvalue weighted by Crippen LogP contribution is -2.11. The lowest BCUT2D eigenvalue weighted by Gasteiger charge is -2.12. The van der Waals surface area contributed by atoms with Gasteiger partial charge in [-0.25, -0.2) is 0 Å². The number of hydrogen-bond donors (Lipinski definition) is 2. The molecule has 0 aliphatic heterocycles. The summed E-state index contributed by atoms with van der Waals surface area (Å²) in [6.07, 6.45) is 0. The Balaban J connectivity index is 2.14. The van der Waals surface area contributed by atoms with Gasteiger partial charge >= 0.3 is 0 Å². The van der Waals surface area contributed by atoms with Gasteiger partial charge in [-0.3, -0.25) is 4.79 Å². The standard InChI is InChI=1S/C15H15ClN2O2/c1-20-14-6-5-12(16)8-13(14)18-9-10-3-2-4-11(7-10)15(17)19/h2-8,18H,9H2,1H3,(H2,17,19). The fourth-order valence-corrected chi connectivity index (χ4v) is 2.02. The molecule has 0 unspecified atom stereocenters. The van der Waals surface area contributed by atoms with Crippen molar-refractivity contribution in [1.29, 1.82) is 0 Å². The number of halogens is 1. The van der Waals surface area contributed by atoms with Gasteiger partial charge in [0, 0.05) is 17.1 Å². The molecule has 0 fully saturated rings. The molecule has 2 rings (SSSR count). The zero-order valence-electron chi connectivity index (χ0n) is 11.0. The van der Waals surface area contributed by atoms with Crippen LogP contribution in [0.4, 0.5) is 5.69 Å². The molecule has 2 aromatic carbocycles. The van der Waals surface area contributed by atoms with Crippen LogP contribution in [0.3, 0.4) is 0 Å². The van der Waals surface area contributed by atoms with E-state index in [-0.39, 0.29) is 0 Å². The van der Waals surface area contributed by atoms with Gasteiger partial charge in [0.25, 0.3) is 0 Å². The molecule has 0 atom stereocenters. The molecule has 0 saturated heterocycles. The first kappa shape index (κ1) is 14.2. The van der Waals surface area contributed by atoms with Crippen LogP contribution in [0.25, 0.3) is 0 Å². The molecule has 0 spiro atoms. The smallest absolute Gasteiger partial charge is 0.248 e. The summed E-state index contributed by atoms with van der Waals surface area (Å²) in [6.45, 7) is 0.540. The van der Waals surface area contributed by atoms with Crippen molar-refractivity contribution in [2.45, 2.75) is 6.54 Å². The third-order valence-electron chi connectivity index (χ3n) is 2.86. The van der Waals surface area contributed by atoms with Crippen LogP contribution in [0.2, 0.25) is 5.02 Å². The Kier molecular flexibility index (Phi) is 4.48. The normalized spacial score (nSPS) is 10.1. The maximum atomic E-state index is 11.1. The highest BCUT2D eigenvalue weighted by Gasteiger charge is 2.05. The van der Waals surface area contributed by atoms with Crippen LogP contribution in [-0.4, -0.2) is 13.0 Å². The fourth-order valence-electron chi connectivity index (χ4n) is 1.85. The van der Waals surface area contributed by atoms with Crippen molar-refractivity contribution in [2.24, 2.45) is 5.73 Å². The summed E-state index contributed by atoms with van der Waals surface area (Å²) in [5.41, 5.74) is 7.49. The van der Waals surface area contributed by atoms with E-state index in [1.807, 2.05) is 6.07 Å². The van der Waals surface area contributed by atoms with E-state index in [2.05, 4.69) is 5.32 Å². The second-order valence-electron chi connectivity index (χ2n) is 4.26. The Morgan fingerprint density at radius 1 is 1.30 bits per heavy atom. The molecule has 0 radical (unpaired) electrons. The second-order valence-corrected chi connectivity index (χ2v) is 4.70. The molecule has 4 nitrogen and oxygen atoms in total. The number of carbonyl (C=O) groups is 1. The van der Waals surface area contributed by atoms with E-state index in [1.54, 1.807) is 43.5 Å². The minimum absolute atomic E-state index is 0.438. The highest BCUT2D eigenvalue weighted by molar-refractivity contribution is 6.30. The van der Waals surface area contributed by atoms with Gasteiger partial charge in [-0.15, -0.1) is 0 Å². The second kappa shape index (κ2) is 6.30. The highest BCUT2D eigenvalue weighted by atomic mass is 35.5. The summed E-state index contributed by atoms with van der Waals surface area (Å²) in [7, 11) is 1.60. The summed E-state index contributed by atoms with van der Waals surface area (Å²) in [5, 5.41) is 3.85. The first-order valence-corrected chi connectivity index (χ1v) is 6.44. The number of nitrogens with two attached hydrogens (primary N) is 1. The number of hydrogen-bond acceptors (Lipinski definition) is 3. The van der Waals surface area contributed by atoms with Gasteiger partial charge in [0.05, 0.1) is 12.8 Å². The molecule has 5 heteroatoms. The average molecular weight is 291 g/mol. The lowest BCUT2D eigenvalue weighted by atomic mass is 10.1. The van der Waals surface area contributed by atoms with Gasteiger partial charge in [-0.2, -0.15) is 0 Å². The van der Waals surface area contributed by atoms with Crippen LogP contribution in [0.1, 0.15) is 15.9 Å². The van der Waals surface area contributed by atoms with Gasteiger partial charge in [0.2, 0.25) is 5.91 Å². The first-order valence-electron chi connectivity index (χ1n) is 6.06. The van der Waals surface area contributed by atoms with E-state index in [0.717, 1.165) is 11.3 Å². The van der Waals surface area contributed by atoms with Crippen LogP contribution in [-0.2, 0) is 6.54 Å². The predicted octanol–water partition coefficient (Wildman–Crippen LogP) is 3.06. The van der Waals surface area contributed by atoms with Crippen LogP contribution in [0.15, 0.2) is 42.5 Å². The first-order chi connectivity index (χ1) is 9.60. The van der Waals surface area contributed by atoms with Crippen molar-refractivity contribution in [1.82, 2.24) is 0 Å². The molecule has 2 aromatic rings. The number of nitrogens with one attached hydrogen (secondary N) is 1. The Morgan fingerprint density at radius 3 is 2.80 bits per heavy atom. The van der Waals surface area contributed by atoms with Crippen molar-refractivity contribution >= 4 is 23.2 Å². The number of benzene rings is 2. The topological polar surface area (TPSA) is 64.3 Å². The van der Waals surface area contributed by atoms with Gasteiger partial charge in [-0.1, -0.05) is 23.7 Å². The Hall–Kier alpha value is -2.20. The van der Waals surface area contributed by atoms with E-state index in [9.17, 15) is 4.79 Å². The molecule has 0 saturated carbocycles. The molecule has 0 bridgehead atoms. The van der Waals surface area contributed by atoms with E-state index in [1.165, 1.54) is 0 Å². The molecule has 0 heterocycles. The summed E-state index contributed by atoms with van der Waals surface area (Å²) in [5.74, 6) is 0.271. The number of amides is 1. The Labute approximate surface area is 122 Å². The maximum Gasteiger partial charge on any atom is 0.248 e. The molecular weight excluding hydrogens is 276 g/mol. The molecule has 0 aliphatic rings. The van der Waals surface area contributed by atoms with Gasteiger partial charge in [-0.05, 0) is 35.9 Å². The van der Waals surface area contributed by atoms with E-state index in [0.29, 0.717) is 22.9 Å². The zero-order chi connectivity index (χ0) is 14.5. The van der Waals surface area contributed by atoms with Crippen LogP contribution < -0.4 is 15.8 Å². The number of ether oxygens (including phenoxy) is 1. The van der Waals surface area contributed by atoms with Crippen molar-refractivity contribution in [2.75, 3.05) is 12.4 Å². The minimum atomic E-state index is -0.438. The van der Waals surface area contributed by atoms with Crippen LogP contribution in [0, 0.1) is 0 Å². The highest BCUT2D eigenvalue weighted by Crippen LogP contribution is 2.28. The summed E-state index contributed by atoms with van der Waals surface area (Å²) < 4.78 is 5.26. The fraction of sp³-hybridized carbons (Fsp3) is 0.133. The average Bonchev–Trinajstić information content (AvgIpc) is 2.45. The lowest BCUT2D eigenvalue weighted by molar-refractivity contribution is 0.1000. The molecule has 0 aromatic heterocycles. The third-order valence-corrected chi connectivity index (χ3v) is 3.09.